The predicted molar refractivity (Wildman–Crippen MR) is 542 cm³/mol. The summed E-state index contributed by atoms with van der Waals surface area (Å²) in [6, 6.07) is 36.9. The summed E-state index contributed by atoms with van der Waals surface area (Å²) in [7, 11) is 0. The Morgan fingerprint density at radius 3 is 0.977 bits per heavy atom. The van der Waals surface area contributed by atoms with Gasteiger partial charge in [-0.05, 0) is 184 Å². The fourth-order valence-corrected chi connectivity index (χ4v) is 15.1. The van der Waals surface area contributed by atoms with Gasteiger partial charge in [0.2, 0.25) is 0 Å². The zero-order valence-electron chi connectivity index (χ0n) is 82.5. The van der Waals surface area contributed by atoms with Gasteiger partial charge < -0.3 is 37.9 Å². The van der Waals surface area contributed by atoms with Crippen LogP contribution in [0.3, 0.4) is 0 Å². The minimum Gasteiger partial charge on any atom is -0.463 e. The number of ether oxygens (including phenoxy) is 8. The molecule has 16 heteroatoms. The Balaban J connectivity index is 0.00000148. The van der Waals surface area contributed by atoms with Crippen molar-refractivity contribution in [3.63, 3.8) is 0 Å². The van der Waals surface area contributed by atoms with Crippen molar-refractivity contribution < 1.29 is 76.3 Å². The monoisotopic (exact) mass is 1810 g/mol. The second-order valence-corrected chi connectivity index (χ2v) is 34.4. The van der Waals surface area contributed by atoms with Crippen molar-refractivity contribution in [2.24, 2.45) is 41.4 Å². The number of rotatable bonds is 56. The van der Waals surface area contributed by atoms with Crippen LogP contribution in [0.5, 0.6) is 0 Å². The zero-order chi connectivity index (χ0) is 96.6. The normalized spacial score (nSPS) is 15.8. The van der Waals surface area contributed by atoms with Gasteiger partial charge in [-0.2, -0.15) is 0 Å². The lowest BCUT2D eigenvalue weighted by molar-refractivity contribution is -0.140. The van der Waals surface area contributed by atoms with Crippen LogP contribution >= 0.6 is 0 Å². The van der Waals surface area contributed by atoms with Crippen molar-refractivity contribution in [3.8, 4) is 0 Å². The van der Waals surface area contributed by atoms with E-state index in [1.165, 1.54) is 283 Å². The highest BCUT2D eigenvalue weighted by Crippen LogP contribution is 2.35. The molecular formula is C115H174O16. The van der Waals surface area contributed by atoms with E-state index in [2.05, 4.69) is 162 Å². The second-order valence-electron chi connectivity index (χ2n) is 34.4. The summed E-state index contributed by atoms with van der Waals surface area (Å²) >= 11 is 0. The van der Waals surface area contributed by atoms with Gasteiger partial charge in [0.15, 0.2) is 0 Å². The van der Waals surface area contributed by atoms with Gasteiger partial charge in [0.1, 0.15) is 13.2 Å². The Kier molecular flexibility index (Phi) is 80.5. The number of hydrogen-bond acceptors (Lipinski definition) is 16. The number of carbonyl (C=O) groups is 8. The van der Waals surface area contributed by atoms with E-state index in [4.69, 9.17) is 37.9 Å². The zero-order valence-corrected chi connectivity index (χ0v) is 82.5. The number of allylic oxidation sites excluding steroid dienone is 1. The van der Waals surface area contributed by atoms with Gasteiger partial charge in [-0.1, -0.05) is 389 Å². The van der Waals surface area contributed by atoms with Crippen LogP contribution in [0.15, 0.2) is 217 Å². The Labute approximate surface area is 794 Å². The number of aryl methyl sites for hydroxylation is 3. The van der Waals surface area contributed by atoms with E-state index >= 15 is 0 Å². The molecule has 7 rings (SSSR count). The highest BCUT2D eigenvalue weighted by molar-refractivity contribution is 5.83. The predicted octanol–water partition coefficient (Wildman–Crippen LogP) is 29.3. The number of esters is 8. The van der Waals surface area contributed by atoms with Crippen LogP contribution in [0.4, 0.5) is 0 Å². The average Bonchev–Trinajstić information content (AvgIpc) is 0.909. The number of hydrogen-bond donors (Lipinski definition) is 0. The van der Waals surface area contributed by atoms with Crippen molar-refractivity contribution >= 4 is 53.8 Å². The third kappa shape index (κ3) is 72.6. The van der Waals surface area contributed by atoms with Gasteiger partial charge in [-0.25, -0.2) is 38.4 Å². The van der Waals surface area contributed by atoms with E-state index in [9.17, 15) is 38.4 Å². The highest BCUT2D eigenvalue weighted by atomic mass is 16.6. The van der Waals surface area contributed by atoms with E-state index in [0.29, 0.717) is 76.5 Å². The molecule has 1 unspecified atom stereocenters. The smallest absolute Gasteiger partial charge is 0.330 e. The molecule has 0 bridgehead atoms. The lowest BCUT2D eigenvalue weighted by Crippen LogP contribution is -2.20. The fraction of sp³-hybridized carbons (Fsp3) is 0.565. The van der Waals surface area contributed by atoms with Crippen LogP contribution in [0.25, 0.3) is 6.08 Å². The first kappa shape index (κ1) is 121. The van der Waals surface area contributed by atoms with Crippen LogP contribution in [0.1, 0.15) is 339 Å². The fourth-order valence-electron chi connectivity index (χ4n) is 15.1. The third-order valence-electron chi connectivity index (χ3n) is 23.5. The van der Waals surface area contributed by atoms with E-state index in [1.54, 1.807) is 0 Å². The van der Waals surface area contributed by atoms with E-state index in [1.807, 2.05) is 60.7 Å². The van der Waals surface area contributed by atoms with Gasteiger partial charge in [0, 0.05) is 48.6 Å². The molecule has 0 N–H and O–H groups in total. The Morgan fingerprint density at radius 2 is 0.588 bits per heavy atom. The maximum Gasteiger partial charge on any atom is 0.330 e. The van der Waals surface area contributed by atoms with Crippen LogP contribution in [0.2, 0.25) is 0 Å². The first-order chi connectivity index (χ1) is 63.7. The summed E-state index contributed by atoms with van der Waals surface area (Å²) in [4.78, 5) is 86.8. The summed E-state index contributed by atoms with van der Waals surface area (Å²) in [6.45, 7) is 46.3. The number of unbranched alkanes of at least 4 members (excludes halogenated alkanes) is 15. The molecule has 131 heavy (non-hydrogen) atoms. The average molecular weight is 1810 g/mol. The molecule has 1 atom stereocenters. The molecule has 4 aromatic carbocycles. The third-order valence-corrected chi connectivity index (χ3v) is 23.5. The highest BCUT2D eigenvalue weighted by Gasteiger charge is 2.25. The molecule has 0 aromatic heterocycles. The first-order valence-corrected chi connectivity index (χ1v) is 49.9. The Bertz CT molecular complexity index is 3630. The molecule has 0 radical (unpaired) electrons. The van der Waals surface area contributed by atoms with Crippen LogP contribution in [-0.4, -0.2) is 87.4 Å². The van der Waals surface area contributed by atoms with E-state index in [-0.39, 0.29) is 47.8 Å². The topological polar surface area (TPSA) is 210 Å². The molecule has 0 spiro atoms. The molecule has 3 saturated carbocycles. The molecule has 16 nitrogen and oxygen atoms in total. The SMILES string of the molecule is C=CC(=O)OCC(CC)CCCC.C=CC(=O)OCC1CCC(CCCC)CC1.C=CC(=O)OCC1CCC(CCCCC)CC1.C=CC(=O)OCC1CCC(CCCCCCC)CC1.C=CC(=O)OCCCC/C=C/c1ccccc1.C=CC(=O)OCCCCc1ccccc1.C=CC(=O)OCc1ccc(CCCC)cc1.C=CC(=O)OCc1ccc(CCCCCC)cc1. The summed E-state index contributed by atoms with van der Waals surface area (Å²) in [6.07, 6.45) is 67.4. The molecule has 3 fully saturated rings. The lowest BCUT2D eigenvalue weighted by atomic mass is 9.80. The minimum atomic E-state index is -0.380. The van der Waals surface area contributed by atoms with Crippen LogP contribution in [0, 0.1) is 41.4 Å². The van der Waals surface area contributed by atoms with E-state index < -0.39 is 0 Å². The van der Waals surface area contributed by atoms with Gasteiger partial charge in [0.25, 0.3) is 0 Å². The maximum atomic E-state index is 11.0. The minimum absolute atomic E-state index is 0.280. The summed E-state index contributed by atoms with van der Waals surface area (Å²) in [5.74, 6) is 2.45. The van der Waals surface area contributed by atoms with Crippen molar-refractivity contribution in [1.82, 2.24) is 0 Å². The maximum absolute atomic E-state index is 11.0. The largest absolute Gasteiger partial charge is 0.463 e. The molecule has 0 aliphatic heterocycles. The van der Waals surface area contributed by atoms with Gasteiger partial charge in [-0.15, -0.1) is 0 Å². The van der Waals surface area contributed by atoms with Crippen molar-refractivity contribution in [2.75, 3.05) is 39.6 Å². The quantitative estimate of drug-likeness (QED) is 0.0174. The van der Waals surface area contributed by atoms with Crippen molar-refractivity contribution in [1.29, 1.82) is 0 Å². The van der Waals surface area contributed by atoms with Gasteiger partial charge in [-0.3, -0.25) is 0 Å². The lowest BCUT2D eigenvalue weighted by Gasteiger charge is -2.28. The van der Waals surface area contributed by atoms with Crippen LogP contribution in [-0.2, 0) is 109 Å². The molecular weight excluding hydrogens is 1640 g/mol. The Hall–Kier alpha value is -9.70. The molecule has 3 aliphatic carbocycles. The van der Waals surface area contributed by atoms with Gasteiger partial charge in [0.05, 0.1) is 39.6 Å². The van der Waals surface area contributed by atoms with Crippen LogP contribution < -0.4 is 0 Å². The first-order valence-electron chi connectivity index (χ1n) is 49.9. The molecule has 3 aliphatic rings. The number of carbonyl (C=O) groups excluding carboxylic acids is 8. The molecule has 0 saturated heterocycles. The van der Waals surface area contributed by atoms with Crippen molar-refractivity contribution in [3.05, 3.63) is 250 Å². The second kappa shape index (κ2) is 87.0. The molecule has 4 aromatic rings. The summed E-state index contributed by atoms with van der Waals surface area (Å²) in [5.41, 5.74) is 7.25. The number of benzene rings is 4. The summed E-state index contributed by atoms with van der Waals surface area (Å²) in [5, 5.41) is 0. The standard InChI is InChI=1S/C17H30O2.C16H22O2.C15H26O2.C15H18O2.C14H24O2.C14H18O2.C13H16O2.C11H20O2/c1-3-5-6-7-8-9-15-10-12-16(13-11-15)14-19-17(18)4-2;1-3-5-6-7-8-14-9-11-15(12-10-14)13-18-16(17)4-2;1-3-5-6-7-13-8-10-14(11-9-13)12-17-15(16)4-2;1-2-15(16)17-13-9-4-3-6-10-14-11-7-5-8-12-14;2*1-3-5-6-12-7-9-13(10-8-12)11-16-14(15)4-2;1-2-13(14)15-11-7-6-10-12-8-4-3-5-9-12;1-4-7-8-10(5-2)9-13-11(12)6-3/h4,15-16H,2-3,5-14H2,1H3;4,9-12H,2-3,5-8,13H2,1H3;4,13-14H,2-3,5-12H2,1H3;2,5-8,10-12H,1,3-4,9,13H2;4,12-13H,2-3,5-11H2,1H3;4,7-10H,2-3,5-6,11H2,1H3;2-5,8-9H,1,6-7,10-11H2;6,10H,3-5,7-9H2,1-2H3/b;;;10-6+;;;;. The molecule has 0 heterocycles. The Morgan fingerprint density at radius 1 is 0.290 bits per heavy atom. The summed E-state index contributed by atoms with van der Waals surface area (Å²) < 4.78 is 40.0. The van der Waals surface area contributed by atoms with Crippen molar-refractivity contribution in [2.45, 2.75) is 338 Å². The van der Waals surface area contributed by atoms with E-state index in [0.717, 1.165) is 93.1 Å². The molecule has 730 valence electrons. The van der Waals surface area contributed by atoms with Gasteiger partial charge >= 0.3 is 47.8 Å². The molecule has 0 amide bonds.